The molecule has 0 unspecified atom stereocenters. The summed E-state index contributed by atoms with van der Waals surface area (Å²) in [5.74, 6) is -1.67. The molecular formula is C10H7FN2O3S. The normalized spacial score (nSPS) is 10.4. The minimum Gasteiger partial charge on any atom is -0.480 e. The van der Waals surface area contributed by atoms with Crippen LogP contribution in [-0.4, -0.2) is 20.6 Å². The van der Waals surface area contributed by atoms with Crippen molar-refractivity contribution in [2.75, 3.05) is 0 Å². The molecule has 0 fully saturated rings. The molecule has 0 aliphatic rings. The number of carbonyl (C=O) groups is 1. The molecule has 2 aromatic heterocycles. The summed E-state index contributed by atoms with van der Waals surface area (Å²) in [5, 5.41) is 10.2. The summed E-state index contributed by atoms with van der Waals surface area (Å²) in [7, 11) is 0. The second kappa shape index (κ2) is 4.46. The largest absolute Gasteiger partial charge is 0.480 e. The molecule has 0 amide bonds. The van der Waals surface area contributed by atoms with E-state index in [0.717, 1.165) is 22.1 Å². The number of nitrogens with zero attached hydrogens (tertiary/aromatic N) is 2. The van der Waals surface area contributed by atoms with E-state index in [9.17, 15) is 14.0 Å². The van der Waals surface area contributed by atoms with E-state index in [0.29, 0.717) is 11.3 Å². The van der Waals surface area contributed by atoms with Crippen molar-refractivity contribution in [2.24, 2.45) is 0 Å². The quantitative estimate of drug-likeness (QED) is 0.893. The third-order valence-electron chi connectivity index (χ3n) is 2.08. The molecule has 0 aliphatic carbocycles. The summed E-state index contributed by atoms with van der Waals surface area (Å²) in [4.78, 5) is 25.3. The van der Waals surface area contributed by atoms with Crippen LogP contribution in [0.1, 0.15) is 0 Å². The predicted molar refractivity (Wildman–Crippen MR) is 59.4 cm³/mol. The van der Waals surface area contributed by atoms with Gasteiger partial charge >= 0.3 is 10.8 Å². The molecule has 0 bridgehead atoms. The number of halogens is 1. The van der Waals surface area contributed by atoms with Crippen LogP contribution in [0.5, 0.6) is 0 Å². The molecule has 1 N–H and O–H groups in total. The van der Waals surface area contributed by atoms with Gasteiger partial charge in [-0.1, -0.05) is 11.3 Å². The smallest absolute Gasteiger partial charge is 0.323 e. The number of carboxylic acid groups (broad SMARTS) is 1. The van der Waals surface area contributed by atoms with Crippen LogP contribution in [0.25, 0.3) is 11.3 Å². The Morgan fingerprint density at radius 2 is 2.29 bits per heavy atom. The molecule has 2 rings (SSSR count). The van der Waals surface area contributed by atoms with Crippen LogP contribution >= 0.6 is 11.3 Å². The number of carboxylic acids is 1. The summed E-state index contributed by atoms with van der Waals surface area (Å²) >= 11 is 0.868. The van der Waals surface area contributed by atoms with Crippen molar-refractivity contribution in [3.8, 4) is 11.3 Å². The number of hydrogen-bond acceptors (Lipinski definition) is 4. The molecule has 88 valence electrons. The second-order valence-corrected chi connectivity index (χ2v) is 4.08. The predicted octanol–water partition coefficient (Wildman–Crippen LogP) is 1.20. The standard InChI is InChI=1S/C10H7FN2O3S/c11-7-1-6(2-12-3-7)8-5-17-10(16)13(8)4-9(14)15/h1-3,5H,4H2,(H,14,15). The van der Waals surface area contributed by atoms with E-state index in [-0.39, 0.29) is 0 Å². The minimum atomic E-state index is -1.13. The Labute approximate surface area is 98.8 Å². The molecule has 5 nitrogen and oxygen atoms in total. The maximum atomic E-state index is 13.0. The van der Waals surface area contributed by atoms with Crippen molar-refractivity contribution in [3.63, 3.8) is 0 Å². The Balaban J connectivity index is 2.52. The van der Waals surface area contributed by atoms with Gasteiger partial charge in [0.05, 0.1) is 11.9 Å². The van der Waals surface area contributed by atoms with Crippen LogP contribution in [0, 0.1) is 5.82 Å². The Kier molecular flexibility index (Phi) is 3.01. The number of pyridine rings is 1. The fraction of sp³-hybridized carbons (Fsp3) is 0.100. The maximum absolute atomic E-state index is 13.0. The molecule has 0 saturated heterocycles. The lowest BCUT2D eigenvalue weighted by Gasteiger charge is -2.04. The molecule has 17 heavy (non-hydrogen) atoms. The van der Waals surface area contributed by atoms with E-state index in [1.807, 2.05) is 0 Å². The topological polar surface area (TPSA) is 72.2 Å². The van der Waals surface area contributed by atoms with Crippen molar-refractivity contribution in [3.05, 3.63) is 39.3 Å². The fourth-order valence-electron chi connectivity index (χ4n) is 1.39. The SMILES string of the molecule is O=C(O)Cn1c(-c2cncc(F)c2)csc1=O. The van der Waals surface area contributed by atoms with Gasteiger partial charge in [-0.15, -0.1) is 0 Å². The Bertz CT molecular complexity index is 620. The number of rotatable bonds is 3. The molecule has 7 heteroatoms. The first-order chi connectivity index (χ1) is 8.08. The second-order valence-electron chi connectivity index (χ2n) is 3.26. The Hall–Kier alpha value is -2.02. The molecule has 0 radical (unpaired) electrons. The molecule has 0 saturated carbocycles. The zero-order valence-corrected chi connectivity index (χ0v) is 9.28. The molecule has 2 aromatic rings. The monoisotopic (exact) mass is 254 g/mol. The highest BCUT2D eigenvalue weighted by molar-refractivity contribution is 7.07. The van der Waals surface area contributed by atoms with E-state index < -0.39 is 23.2 Å². The van der Waals surface area contributed by atoms with E-state index in [1.54, 1.807) is 0 Å². The van der Waals surface area contributed by atoms with Gasteiger partial charge in [-0.25, -0.2) is 4.39 Å². The average molecular weight is 254 g/mol. The lowest BCUT2D eigenvalue weighted by molar-refractivity contribution is -0.137. The van der Waals surface area contributed by atoms with Gasteiger partial charge in [-0.3, -0.25) is 19.1 Å². The number of aromatic nitrogens is 2. The number of aliphatic carboxylic acids is 1. The van der Waals surface area contributed by atoms with Crippen LogP contribution in [0.15, 0.2) is 28.6 Å². The van der Waals surface area contributed by atoms with Gasteiger partial charge in [0.15, 0.2) is 0 Å². The highest BCUT2D eigenvalue weighted by atomic mass is 32.1. The molecule has 0 atom stereocenters. The number of thiazole rings is 1. The zero-order chi connectivity index (χ0) is 12.4. The summed E-state index contributed by atoms with van der Waals surface area (Å²) in [6, 6.07) is 1.20. The van der Waals surface area contributed by atoms with Crippen molar-refractivity contribution in [1.82, 2.24) is 9.55 Å². The summed E-state index contributed by atoms with van der Waals surface area (Å²) in [6.45, 7) is -0.450. The lowest BCUT2D eigenvalue weighted by Crippen LogP contribution is -2.19. The van der Waals surface area contributed by atoms with Gasteiger partial charge in [0.1, 0.15) is 12.4 Å². The van der Waals surface area contributed by atoms with Crippen molar-refractivity contribution < 1.29 is 14.3 Å². The van der Waals surface area contributed by atoms with Crippen molar-refractivity contribution >= 4 is 17.3 Å². The highest BCUT2D eigenvalue weighted by Gasteiger charge is 2.12. The van der Waals surface area contributed by atoms with E-state index >= 15 is 0 Å². The molecular weight excluding hydrogens is 247 g/mol. The summed E-state index contributed by atoms with van der Waals surface area (Å²) in [6.07, 6.45) is 2.42. The van der Waals surface area contributed by atoms with Gasteiger partial charge < -0.3 is 5.11 Å². The van der Waals surface area contributed by atoms with Crippen LogP contribution in [0.2, 0.25) is 0 Å². The van der Waals surface area contributed by atoms with E-state index in [1.165, 1.54) is 17.6 Å². The summed E-state index contributed by atoms with van der Waals surface area (Å²) in [5.41, 5.74) is 0.735. The minimum absolute atomic E-state index is 0.356. The lowest BCUT2D eigenvalue weighted by atomic mass is 10.2. The van der Waals surface area contributed by atoms with Gasteiger partial charge in [-0.2, -0.15) is 0 Å². The first-order valence-corrected chi connectivity index (χ1v) is 5.47. The Morgan fingerprint density at radius 3 is 2.94 bits per heavy atom. The Morgan fingerprint density at radius 1 is 1.53 bits per heavy atom. The summed E-state index contributed by atoms with van der Waals surface area (Å²) < 4.78 is 14.1. The van der Waals surface area contributed by atoms with Gasteiger partial charge in [0.2, 0.25) is 0 Å². The average Bonchev–Trinajstić information content (AvgIpc) is 2.60. The van der Waals surface area contributed by atoms with Gasteiger partial charge in [-0.05, 0) is 6.07 Å². The van der Waals surface area contributed by atoms with Crippen LogP contribution < -0.4 is 4.87 Å². The molecule has 0 aromatic carbocycles. The first kappa shape index (κ1) is 11.5. The van der Waals surface area contributed by atoms with Crippen LogP contribution in [0.3, 0.4) is 0 Å². The van der Waals surface area contributed by atoms with E-state index in [4.69, 9.17) is 5.11 Å². The third-order valence-corrected chi connectivity index (χ3v) is 2.84. The molecule has 0 aliphatic heterocycles. The van der Waals surface area contributed by atoms with Gasteiger partial charge in [0.25, 0.3) is 0 Å². The van der Waals surface area contributed by atoms with Crippen molar-refractivity contribution in [2.45, 2.75) is 6.54 Å². The molecule has 2 heterocycles. The third kappa shape index (κ3) is 2.39. The van der Waals surface area contributed by atoms with Crippen LogP contribution in [0.4, 0.5) is 4.39 Å². The van der Waals surface area contributed by atoms with Crippen LogP contribution in [-0.2, 0) is 11.3 Å². The first-order valence-electron chi connectivity index (χ1n) is 4.59. The van der Waals surface area contributed by atoms with E-state index in [2.05, 4.69) is 4.98 Å². The highest BCUT2D eigenvalue weighted by Crippen LogP contribution is 2.19. The maximum Gasteiger partial charge on any atom is 0.323 e. The fourth-order valence-corrected chi connectivity index (χ4v) is 2.16. The molecule has 0 spiro atoms. The van der Waals surface area contributed by atoms with Crippen molar-refractivity contribution in [1.29, 1.82) is 0 Å². The van der Waals surface area contributed by atoms with Gasteiger partial charge in [0, 0.05) is 17.1 Å². The zero-order valence-electron chi connectivity index (χ0n) is 8.46. The number of hydrogen-bond donors (Lipinski definition) is 1.